The number of esters is 1. The molecule has 100 valence electrons. The Morgan fingerprint density at radius 1 is 1.28 bits per heavy atom. The van der Waals surface area contributed by atoms with Crippen LogP contribution in [0.2, 0.25) is 0 Å². The van der Waals surface area contributed by atoms with E-state index in [1.165, 1.54) is 0 Å². The lowest BCUT2D eigenvalue weighted by atomic mass is 9.88. The zero-order chi connectivity index (χ0) is 13.8. The van der Waals surface area contributed by atoms with Gasteiger partial charge in [-0.25, -0.2) is 0 Å². The van der Waals surface area contributed by atoms with Gasteiger partial charge in [0.25, 0.3) is 0 Å². The fourth-order valence-corrected chi connectivity index (χ4v) is 1.80. The van der Waals surface area contributed by atoms with Gasteiger partial charge in [0, 0.05) is 0 Å². The Balaban J connectivity index is 2.81. The van der Waals surface area contributed by atoms with Gasteiger partial charge in [0.1, 0.15) is 5.60 Å². The number of hydrogen-bond acceptors (Lipinski definition) is 3. The Kier molecular flexibility index (Phi) is 4.91. The van der Waals surface area contributed by atoms with Crippen molar-refractivity contribution in [3.8, 4) is 0 Å². The molecule has 0 fully saturated rings. The summed E-state index contributed by atoms with van der Waals surface area (Å²) in [5.41, 5.74) is 0.503. The number of hydrogen-bond donors (Lipinski definition) is 1. The van der Waals surface area contributed by atoms with Crippen LogP contribution in [0.25, 0.3) is 0 Å². The molecule has 3 nitrogen and oxygen atoms in total. The van der Waals surface area contributed by atoms with Crippen molar-refractivity contribution in [2.75, 3.05) is 6.61 Å². The minimum atomic E-state index is -0.527. The summed E-state index contributed by atoms with van der Waals surface area (Å²) in [5.74, 6) is -0.931. The molecule has 0 amide bonds. The average Bonchev–Trinajstić information content (AvgIpc) is 2.28. The smallest absolute Gasteiger partial charge is 0.312 e. The van der Waals surface area contributed by atoms with Crippen LogP contribution in [0.4, 0.5) is 0 Å². The van der Waals surface area contributed by atoms with Crippen molar-refractivity contribution in [1.82, 2.24) is 0 Å². The van der Waals surface area contributed by atoms with Crippen LogP contribution in [0.5, 0.6) is 0 Å². The first-order valence-electron chi connectivity index (χ1n) is 6.24. The summed E-state index contributed by atoms with van der Waals surface area (Å²) in [5, 5.41) is 9.42. The van der Waals surface area contributed by atoms with Crippen LogP contribution >= 0.6 is 0 Å². The van der Waals surface area contributed by atoms with Gasteiger partial charge >= 0.3 is 5.97 Å². The van der Waals surface area contributed by atoms with Crippen LogP contribution in [-0.2, 0) is 9.53 Å². The first-order chi connectivity index (χ1) is 8.35. The molecule has 0 spiro atoms. The summed E-state index contributed by atoms with van der Waals surface area (Å²) < 4.78 is 5.33. The first kappa shape index (κ1) is 14.7. The second-order valence-corrected chi connectivity index (χ2v) is 5.52. The molecule has 0 saturated carbocycles. The highest BCUT2D eigenvalue weighted by Gasteiger charge is 2.29. The number of rotatable bonds is 4. The summed E-state index contributed by atoms with van der Waals surface area (Å²) in [6.07, 6.45) is 0. The molecule has 3 heteroatoms. The number of carbonyl (C=O) groups is 1. The molecule has 0 heterocycles. The lowest BCUT2D eigenvalue weighted by molar-refractivity contribution is -0.162. The molecule has 2 unspecified atom stereocenters. The van der Waals surface area contributed by atoms with Crippen LogP contribution in [-0.4, -0.2) is 23.3 Å². The third-order valence-electron chi connectivity index (χ3n) is 2.84. The van der Waals surface area contributed by atoms with Gasteiger partial charge in [-0.05, 0) is 32.3 Å². The van der Waals surface area contributed by atoms with Gasteiger partial charge in [0.05, 0.1) is 12.5 Å². The van der Waals surface area contributed by atoms with Gasteiger partial charge in [-0.2, -0.15) is 0 Å². The third kappa shape index (κ3) is 4.15. The minimum absolute atomic E-state index is 0.0638. The van der Waals surface area contributed by atoms with Crippen molar-refractivity contribution in [1.29, 1.82) is 0 Å². The molecular formula is C15H22O3. The molecule has 0 radical (unpaired) electrons. The van der Waals surface area contributed by atoms with E-state index in [4.69, 9.17) is 4.74 Å². The van der Waals surface area contributed by atoms with Gasteiger partial charge in [-0.1, -0.05) is 37.3 Å². The molecule has 1 N–H and O–H groups in total. The lowest BCUT2D eigenvalue weighted by Gasteiger charge is -2.26. The monoisotopic (exact) mass is 250 g/mol. The molecule has 18 heavy (non-hydrogen) atoms. The molecule has 0 aliphatic heterocycles. The number of aliphatic hydroxyl groups excluding tert-OH is 1. The van der Waals surface area contributed by atoms with Gasteiger partial charge < -0.3 is 9.84 Å². The normalized spacial score (nSPS) is 14.9. The summed E-state index contributed by atoms with van der Waals surface area (Å²) in [4.78, 5) is 12.0. The van der Waals surface area contributed by atoms with Crippen molar-refractivity contribution in [2.45, 2.75) is 39.2 Å². The number of aliphatic hydroxyl groups is 1. The molecule has 1 aromatic carbocycles. The number of carbonyl (C=O) groups excluding carboxylic acids is 1. The Morgan fingerprint density at radius 3 is 2.28 bits per heavy atom. The Bertz CT molecular complexity index is 378. The van der Waals surface area contributed by atoms with Gasteiger partial charge in [-0.3, -0.25) is 4.79 Å². The maximum absolute atomic E-state index is 12.0. The molecule has 0 bridgehead atoms. The summed E-state index contributed by atoms with van der Waals surface area (Å²) in [7, 11) is 0. The van der Waals surface area contributed by atoms with E-state index in [9.17, 15) is 9.90 Å². The van der Waals surface area contributed by atoms with Crippen molar-refractivity contribution in [3.63, 3.8) is 0 Å². The predicted molar refractivity (Wildman–Crippen MR) is 71.3 cm³/mol. The highest BCUT2D eigenvalue weighted by molar-refractivity contribution is 5.74. The van der Waals surface area contributed by atoms with E-state index in [0.717, 1.165) is 5.56 Å². The molecule has 0 aliphatic rings. The van der Waals surface area contributed by atoms with E-state index in [1.54, 1.807) is 0 Å². The topological polar surface area (TPSA) is 46.5 Å². The summed E-state index contributed by atoms with van der Waals surface area (Å²) >= 11 is 0. The first-order valence-corrected chi connectivity index (χ1v) is 6.24. The van der Waals surface area contributed by atoms with Crippen molar-refractivity contribution >= 4 is 5.97 Å². The Labute approximate surface area is 109 Å². The lowest BCUT2D eigenvalue weighted by Crippen LogP contribution is -2.33. The maximum atomic E-state index is 12.0. The van der Waals surface area contributed by atoms with Gasteiger partial charge in [0.15, 0.2) is 0 Å². The van der Waals surface area contributed by atoms with Crippen LogP contribution in [0.1, 0.15) is 39.2 Å². The number of benzene rings is 1. The zero-order valence-electron chi connectivity index (χ0n) is 11.5. The molecular weight excluding hydrogens is 228 g/mol. The second kappa shape index (κ2) is 6.01. The molecule has 1 rings (SSSR count). The summed E-state index contributed by atoms with van der Waals surface area (Å²) in [6, 6.07) is 9.69. The molecule has 0 aromatic heterocycles. The van der Waals surface area contributed by atoms with E-state index < -0.39 is 11.5 Å². The Hall–Kier alpha value is -1.35. The highest BCUT2D eigenvalue weighted by atomic mass is 16.6. The van der Waals surface area contributed by atoms with Crippen LogP contribution in [0.15, 0.2) is 30.3 Å². The van der Waals surface area contributed by atoms with Crippen molar-refractivity contribution in [3.05, 3.63) is 35.9 Å². The van der Waals surface area contributed by atoms with Gasteiger partial charge in [0.2, 0.25) is 0 Å². The Morgan fingerprint density at radius 2 is 1.83 bits per heavy atom. The van der Waals surface area contributed by atoms with E-state index in [-0.39, 0.29) is 18.5 Å². The SMILES string of the molecule is CC(c1ccccc1)C(CO)C(=O)OC(C)(C)C. The van der Waals surface area contributed by atoms with E-state index in [1.807, 2.05) is 58.0 Å². The van der Waals surface area contributed by atoms with E-state index >= 15 is 0 Å². The van der Waals surface area contributed by atoms with Crippen molar-refractivity contribution in [2.24, 2.45) is 5.92 Å². The fourth-order valence-electron chi connectivity index (χ4n) is 1.80. The molecule has 2 atom stereocenters. The second-order valence-electron chi connectivity index (χ2n) is 5.52. The summed E-state index contributed by atoms with van der Waals surface area (Å²) in [6.45, 7) is 7.21. The van der Waals surface area contributed by atoms with Gasteiger partial charge in [-0.15, -0.1) is 0 Å². The van der Waals surface area contributed by atoms with Crippen LogP contribution < -0.4 is 0 Å². The van der Waals surface area contributed by atoms with Crippen molar-refractivity contribution < 1.29 is 14.6 Å². The standard InChI is InChI=1S/C15H22O3/c1-11(12-8-6-5-7-9-12)13(10-16)14(17)18-15(2,3)4/h5-9,11,13,16H,10H2,1-4H3. The predicted octanol–water partition coefficient (Wildman–Crippen LogP) is 2.74. The quantitative estimate of drug-likeness (QED) is 0.836. The van der Waals surface area contributed by atoms with Crippen LogP contribution in [0.3, 0.4) is 0 Å². The maximum Gasteiger partial charge on any atom is 0.312 e. The molecule has 1 aromatic rings. The third-order valence-corrected chi connectivity index (χ3v) is 2.84. The zero-order valence-corrected chi connectivity index (χ0v) is 11.5. The van der Waals surface area contributed by atoms with E-state index in [2.05, 4.69) is 0 Å². The van der Waals surface area contributed by atoms with Crippen LogP contribution in [0, 0.1) is 5.92 Å². The largest absolute Gasteiger partial charge is 0.460 e. The van der Waals surface area contributed by atoms with E-state index in [0.29, 0.717) is 0 Å². The highest BCUT2D eigenvalue weighted by Crippen LogP contribution is 2.26. The fraction of sp³-hybridized carbons (Fsp3) is 0.533. The average molecular weight is 250 g/mol. The molecule has 0 aliphatic carbocycles. The minimum Gasteiger partial charge on any atom is -0.460 e. The number of ether oxygens (including phenoxy) is 1. The molecule has 0 saturated heterocycles.